The second kappa shape index (κ2) is 7.77. The maximum absolute atomic E-state index is 9.91. The Kier molecular flexibility index (Phi) is 5.67. The van der Waals surface area contributed by atoms with Gasteiger partial charge in [0.15, 0.2) is 11.5 Å². The van der Waals surface area contributed by atoms with E-state index >= 15 is 0 Å². The molecule has 0 bridgehead atoms. The van der Waals surface area contributed by atoms with Crippen LogP contribution in [0.15, 0.2) is 24.5 Å². The van der Waals surface area contributed by atoms with Gasteiger partial charge < -0.3 is 15.1 Å². The molecule has 0 unspecified atom stereocenters. The van der Waals surface area contributed by atoms with E-state index in [0.717, 1.165) is 41.9 Å². The molecule has 7 heteroatoms. The second-order valence-electron chi connectivity index (χ2n) is 6.06. The number of aromatic hydroxyl groups is 2. The topological polar surface area (TPSA) is 56.6 Å². The summed E-state index contributed by atoms with van der Waals surface area (Å²) in [6.07, 6.45) is 6.94. The maximum Gasteiger partial charge on any atom is 0.178 e. The largest absolute Gasteiger partial charge is 0.503 e. The van der Waals surface area contributed by atoms with E-state index in [4.69, 9.17) is 35.4 Å². The van der Waals surface area contributed by atoms with Gasteiger partial charge in [0.1, 0.15) is 0 Å². The lowest BCUT2D eigenvalue weighted by molar-refractivity contribution is 0.378. The van der Waals surface area contributed by atoms with Crippen LogP contribution in [0.2, 0.25) is 10.0 Å². The summed E-state index contributed by atoms with van der Waals surface area (Å²) in [5.74, 6) is -0.713. The van der Waals surface area contributed by atoms with Crippen LogP contribution >= 0.6 is 35.4 Å². The van der Waals surface area contributed by atoms with Crippen LogP contribution in [0.5, 0.6) is 11.5 Å². The molecule has 0 atom stereocenters. The first-order valence-corrected chi connectivity index (χ1v) is 9.22. The lowest BCUT2D eigenvalue weighted by Gasteiger charge is -2.32. The number of aromatic nitrogens is 1. The average molecular weight is 397 g/mol. The van der Waals surface area contributed by atoms with Crippen LogP contribution in [0, 0.1) is 0 Å². The number of phenolic OH excluding ortho intramolecular Hbond substituents is 2. The fourth-order valence-corrected chi connectivity index (χ4v) is 3.93. The molecule has 25 heavy (non-hydrogen) atoms. The van der Waals surface area contributed by atoms with Gasteiger partial charge in [0.25, 0.3) is 0 Å². The van der Waals surface area contributed by atoms with Gasteiger partial charge in [-0.05, 0) is 54.5 Å². The molecule has 1 aliphatic heterocycles. The molecular formula is C18H18Cl2N2O2S. The molecule has 2 heterocycles. The van der Waals surface area contributed by atoms with Crippen molar-refractivity contribution in [3.05, 3.63) is 51.3 Å². The fourth-order valence-electron chi connectivity index (χ4n) is 3.07. The molecule has 1 aromatic carbocycles. The van der Waals surface area contributed by atoms with Gasteiger partial charge in [0.05, 0.1) is 15.0 Å². The number of aryl methyl sites for hydroxylation is 1. The Labute approximate surface area is 162 Å². The Morgan fingerprint density at radius 3 is 2.44 bits per heavy atom. The molecule has 132 valence electrons. The van der Waals surface area contributed by atoms with Crippen molar-refractivity contribution in [2.45, 2.75) is 32.2 Å². The third-order valence-electron chi connectivity index (χ3n) is 4.47. The van der Waals surface area contributed by atoms with Gasteiger partial charge in [-0.3, -0.25) is 4.98 Å². The maximum atomic E-state index is 9.91. The predicted molar refractivity (Wildman–Crippen MR) is 104 cm³/mol. The highest BCUT2D eigenvalue weighted by Gasteiger charge is 2.27. The van der Waals surface area contributed by atoms with Gasteiger partial charge in [-0.2, -0.15) is 0 Å². The number of nitrogens with zero attached hydrogens (tertiary/aromatic N) is 2. The molecule has 2 N–H and O–H groups in total. The monoisotopic (exact) mass is 396 g/mol. The highest BCUT2D eigenvalue weighted by molar-refractivity contribution is 7.80. The highest BCUT2D eigenvalue weighted by Crippen LogP contribution is 2.46. The Bertz CT molecular complexity index is 800. The first kappa shape index (κ1) is 18.2. The predicted octanol–water partition coefficient (Wildman–Crippen LogP) is 4.51. The molecule has 4 nitrogen and oxygen atoms in total. The van der Waals surface area contributed by atoms with Crippen LogP contribution in [0.1, 0.15) is 29.5 Å². The summed E-state index contributed by atoms with van der Waals surface area (Å²) in [4.78, 5) is 6.98. The zero-order valence-electron chi connectivity index (χ0n) is 13.5. The van der Waals surface area contributed by atoms with E-state index in [-0.39, 0.29) is 21.5 Å². The van der Waals surface area contributed by atoms with Gasteiger partial charge in [-0.25, -0.2) is 0 Å². The van der Waals surface area contributed by atoms with Crippen LogP contribution in [-0.4, -0.2) is 31.6 Å². The molecule has 3 rings (SSSR count). The Hall–Kier alpha value is -1.56. The summed E-state index contributed by atoms with van der Waals surface area (Å²) >= 11 is 17.9. The number of hydrogen-bond acceptors (Lipinski definition) is 4. The molecule has 0 radical (unpaired) electrons. The number of pyridine rings is 1. The summed E-state index contributed by atoms with van der Waals surface area (Å²) < 4.78 is 0. The van der Waals surface area contributed by atoms with E-state index in [1.807, 2.05) is 12.1 Å². The van der Waals surface area contributed by atoms with Crippen molar-refractivity contribution in [3.63, 3.8) is 0 Å². The molecule has 0 saturated carbocycles. The van der Waals surface area contributed by atoms with Gasteiger partial charge in [-0.1, -0.05) is 35.4 Å². The minimum Gasteiger partial charge on any atom is -0.503 e. The zero-order valence-corrected chi connectivity index (χ0v) is 15.8. The third kappa shape index (κ3) is 3.84. The number of halogens is 2. The van der Waals surface area contributed by atoms with E-state index in [1.54, 1.807) is 12.4 Å². The van der Waals surface area contributed by atoms with Crippen LogP contribution in [0.4, 0.5) is 0 Å². The molecule has 0 spiro atoms. The Morgan fingerprint density at radius 2 is 1.76 bits per heavy atom. The van der Waals surface area contributed by atoms with E-state index < -0.39 is 0 Å². The van der Waals surface area contributed by atoms with Crippen molar-refractivity contribution in [2.24, 2.45) is 0 Å². The van der Waals surface area contributed by atoms with E-state index in [9.17, 15) is 10.2 Å². The smallest absolute Gasteiger partial charge is 0.178 e. The number of rotatable bonds is 4. The fraction of sp³-hybridized carbons (Fsp3) is 0.333. The van der Waals surface area contributed by atoms with Crippen LogP contribution in [-0.2, 0) is 19.4 Å². The van der Waals surface area contributed by atoms with E-state index in [2.05, 4.69) is 9.88 Å². The quantitative estimate of drug-likeness (QED) is 0.588. The third-order valence-corrected chi connectivity index (χ3v) is 5.75. The number of fused-ring (bicyclic) bond motifs is 1. The van der Waals surface area contributed by atoms with Gasteiger partial charge in [0, 0.05) is 25.5 Å². The van der Waals surface area contributed by atoms with Crippen molar-refractivity contribution in [2.75, 3.05) is 6.54 Å². The number of hydrogen-bond donors (Lipinski definition) is 2. The van der Waals surface area contributed by atoms with Crippen molar-refractivity contribution >= 4 is 40.4 Å². The van der Waals surface area contributed by atoms with Crippen LogP contribution < -0.4 is 0 Å². The molecular weight excluding hydrogens is 379 g/mol. The summed E-state index contributed by atoms with van der Waals surface area (Å²) in [5.41, 5.74) is 2.78. The normalized spacial score (nSPS) is 13.6. The summed E-state index contributed by atoms with van der Waals surface area (Å²) in [7, 11) is 0. The highest BCUT2D eigenvalue weighted by atomic mass is 35.5. The summed E-state index contributed by atoms with van der Waals surface area (Å²) in [6.45, 7) is 1.22. The van der Waals surface area contributed by atoms with E-state index in [0.29, 0.717) is 13.0 Å². The first-order valence-electron chi connectivity index (χ1n) is 8.06. The minimum atomic E-state index is -0.365. The number of thiocarbonyl (C=S) groups is 1. The van der Waals surface area contributed by atoms with Crippen molar-refractivity contribution in [1.82, 2.24) is 9.88 Å². The molecule has 1 aliphatic rings. The van der Waals surface area contributed by atoms with Crippen molar-refractivity contribution in [1.29, 1.82) is 0 Å². The van der Waals surface area contributed by atoms with Crippen LogP contribution in [0.25, 0.3) is 0 Å². The van der Waals surface area contributed by atoms with Crippen molar-refractivity contribution in [3.8, 4) is 11.5 Å². The van der Waals surface area contributed by atoms with Gasteiger partial charge >= 0.3 is 0 Å². The number of phenols is 2. The van der Waals surface area contributed by atoms with Gasteiger partial charge in [0.2, 0.25) is 0 Å². The summed E-state index contributed by atoms with van der Waals surface area (Å²) in [6, 6.07) is 4.02. The Balaban J connectivity index is 1.65. The molecule has 0 saturated heterocycles. The van der Waals surface area contributed by atoms with Crippen LogP contribution in [0.3, 0.4) is 0 Å². The molecule has 0 fully saturated rings. The SMILES string of the molecule is Oc1c(O)c(Cl)c2c(c1Cl)CCN(C(=S)CCCc1ccncc1)C2. The van der Waals surface area contributed by atoms with E-state index in [1.165, 1.54) is 5.56 Å². The standard InChI is InChI=1S/C18H18Cl2N2O2S/c19-15-12-6-9-22(10-13(12)16(20)18(24)17(15)23)14(25)3-1-2-11-4-7-21-8-5-11/h4-5,7-8,23-24H,1-3,6,9-10H2. The lowest BCUT2D eigenvalue weighted by atomic mass is 9.98. The molecule has 0 amide bonds. The second-order valence-corrected chi connectivity index (χ2v) is 7.28. The molecule has 0 aliphatic carbocycles. The minimum absolute atomic E-state index is 0.154. The first-order chi connectivity index (χ1) is 12.0. The lowest BCUT2D eigenvalue weighted by Crippen LogP contribution is -2.35. The summed E-state index contributed by atoms with van der Waals surface area (Å²) in [5, 5.41) is 20.1. The van der Waals surface area contributed by atoms with Gasteiger partial charge in [-0.15, -0.1) is 0 Å². The average Bonchev–Trinajstić information content (AvgIpc) is 2.65. The Morgan fingerprint density at radius 1 is 1.12 bits per heavy atom. The number of benzene rings is 1. The molecule has 1 aromatic heterocycles. The zero-order chi connectivity index (χ0) is 18.0. The molecule has 2 aromatic rings. The van der Waals surface area contributed by atoms with Crippen molar-refractivity contribution < 1.29 is 10.2 Å².